The van der Waals surface area contributed by atoms with Crippen LogP contribution in [0.25, 0.3) is 10.1 Å². The van der Waals surface area contributed by atoms with Gasteiger partial charge in [-0.05, 0) is 33.4 Å². The van der Waals surface area contributed by atoms with Crippen molar-refractivity contribution < 1.29 is 8.78 Å². The first kappa shape index (κ1) is 9.86. The highest BCUT2D eigenvalue weighted by Gasteiger charge is 2.18. The minimum atomic E-state index is -2.55. The number of thiophene rings is 1. The first-order valence-electron chi connectivity index (χ1n) is 3.84. The van der Waals surface area contributed by atoms with E-state index in [0.717, 1.165) is 10.1 Å². The minimum absolute atomic E-state index is 0.115. The lowest BCUT2D eigenvalue weighted by molar-refractivity contribution is 0.151. The maximum atomic E-state index is 12.6. The highest BCUT2D eigenvalue weighted by atomic mass is 79.9. The maximum absolute atomic E-state index is 12.6. The SMILES string of the molecule is Nc1cc2sccc2c(Br)c1C(F)F. The van der Waals surface area contributed by atoms with Crippen LogP contribution in [0.3, 0.4) is 0 Å². The summed E-state index contributed by atoms with van der Waals surface area (Å²) in [6.45, 7) is 0. The summed E-state index contributed by atoms with van der Waals surface area (Å²) >= 11 is 4.64. The fourth-order valence-corrected chi connectivity index (χ4v) is 3.05. The average molecular weight is 278 g/mol. The molecule has 5 heteroatoms. The molecule has 0 radical (unpaired) electrons. The largest absolute Gasteiger partial charge is 0.398 e. The van der Waals surface area contributed by atoms with Gasteiger partial charge in [-0.1, -0.05) is 0 Å². The van der Waals surface area contributed by atoms with Gasteiger partial charge in [-0.3, -0.25) is 0 Å². The monoisotopic (exact) mass is 277 g/mol. The lowest BCUT2D eigenvalue weighted by atomic mass is 10.1. The van der Waals surface area contributed by atoms with E-state index in [2.05, 4.69) is 15.9 Å². The number of hydrogen-bond donors (Lipinski definition) is 1. The topological polar surface area (TPSA) is 26.0 Å². The molecule has 2 N–H and O–H groups in total. The van der Waals surface area contributed by atoms with Gasteiger partial charge in [-0.2, -0.15) is 0 Å². The molecular formula is C9H6BrF2NS. The van der Waals surface area contributed by atoms with Crippen molar-refractivity contribution in [3.63, 3.8) is 0 Å². The number of benzene rings is 1. The third-order valence-electron chi connectivity index (χ3n) is 1.98. The smallest absolute Gasteiger partial charge is 0.266 e. The lowest BCUT2D eigenvalue weighted by Gasteiger charge is -2.08. The molecule has 0 saturated carbocycles. The molecule has 1 heterocycles. The van der Waals surface area contributed by atoms with Gasteiger partial charge in [0, 0.05) is 20.2 Å². The molecule has 0 saturated heterocycles. The predicted octanol–water partition coefficient (Wildman–Crippen LogP) is 4.18. The first-order valence-corrected chi connectivity index (χ1v) is 5.51. The van der Waals surface area contributed by atoms with Crippen molar-refractivity contribution in [2.24, 2.45) is 0 Å². The van der Waals surface area contributed by atoms with Crippen LogP contribution in [0.1, 0.15) is 12.0 Å². The number of anilines is 1. The summed E-state index contributed by atoms with van der Waals surface area (Å²) in [4.78, 5) is 0. The fraction of sp³-hybridized carbons (Fsp3) is 0.111. The zero-order valence-corrected chi connectivity index (χ0v) is 9.33. The Labute approximate surface area is 91.7 Å². The van der Waals surface area contributed by atoms with E-state index in [9.17, 15) is 8.78 Å². The third kappa shape index (κ3) is 1.40. The van der Waals surface area contributed by atoms with Crippen LogP contribution in [-0.2, 0) is 0 Å². The van der Waals surface area contributed by atoms with Crippen LogP contribution < -0.4 is 5.73 Å². The second-order valence-corrected chi connectivity index (χ2v) is 4.57. The summed E-state index contributed by atoms with van der Waals surface area (Å²) in [6, 6.07) is 3.39. The number of alkyl halides is 2. The number of rotatable bonds is 1. The molecule has 0 fully saturated rings. The van der Waals surface area contributed by atoms with Gasteiger partial charge < -0.3 is 5.73 Å². The Hall–Kier alpha value is -0.680. The van der Waals surface area contributed by atoms with Crippen molar-refractivity contribution in [3.05, 3.63) is 27.5 Å². The van der Waals surface area contributed by atoms with Crippen molar-refractivity contribution >= 4 is 43.0 Å². The van der Waals surface area contributed by atoms with Crippen molar-refractivity contribution in [1.82, 2.24) is 0 Å². The molecule has 0 aliphatic rings. The van der Waals surface area contributed by atoms with E-state index >= 15 is 0 Å². The van der Waals surface area contributed by atoms with E-state index in [1.165, 1.54) is 11.3 Å². The molecule has 1 aromatic heterocycles. The number of halogens is 3. The zero-order valence-electron chi connectivity index (χ0n) is 6.93. The van der Waals surface area contributed by atoms with Crippen molar-refractivity contribution in [2.45, 2.75) is 6.43 Å². The van der Waals surface area contributed by atoms with Gasteiger partial charge in [0.2, 0.25) is 0 Å². The van der Waals surface area contributed by atoms with E-state index in [-0.39, 0.29) is 11.3 Å². The zero-order chi connectivity index (χ0) is 10.3. The van der Waals surface area contributed by atoms with Gasteiger partial charge in [0.05, 0.1) is 5.56 Å². The Morgan fingerprint density at radius 1 is 1.43 bits per heavy atom. The van der Waals surface area contributed by atoms with E-state index in [4.69, 9.17) is 5.73 Å². The molecule has 14 heavy (non-hydrogen) atoms. The van der Waals surface area contributed by atoms with Crippen LogP contribution in [0.15, 0.2) is 22.0 Å². The fourth-order valence-electron chi connectivity index (χ4n) is 1.33. The predicted molar refractivity (Wildman–Crippen MR) is 58.9 cm³/mol. The van der Waals surface area contributed by atoms with Crippen LogP contribution in [0.4, 0.5) is 14.5 Å². The molecule has 0 spiro atoms. The number of hydrogen-bond acceptors (Lipinski definition) is 2. The Kier molecular flexibility index (Phi) is 2.45. The quantitative estimate of drug-likeness (QED) is 0.778. The second-order valence-electron chi connectivity index (χ2n) is 2.83. The molecule has 0 atom stereocenters. The van der Waals surface area contributed by atoms with Gasteiger partial charge in [0.25, 0.3) is 6.43 Å². The summed E-state index contributed by atoms with van der Waals surface area (Å²) in [5.41, 5.74) is 5.57. The second kappa shape index (κ2) is 3.47. The molecule has 0 aliphatic carbocycles. The van der Waals surface area contributed by atoms with Gasteiger partial charge in [0.1, 0.15) is 0 Å². The van der Waals surface area contributed by atoms with Crippen molar-refractivity contribution in [2.75, 3.05) is 5.73 Å². The van der Waals surface area contributed by atoms with Gasteiger partial charge >= 0.3 is 0 Å². The highest BCUT2D eigenvalue weighted by molar-refractivity contribution is 9.10. The van der Waals surface area contributed by atoms with Crippen LogP contribution in [0, 0.1) is 0 Å². The molecule has 2 rings (SSSR count). The lowest BCUT2D eigenvalue weighted by Crippen LogP contribution is -1.95. The molecule has 74 valence electrons. The van der Waals surface area contributed by atoms with Gasteiger partial charge in [-0.15, -0.1) is 11.3 Å². The molecule has 0 unspecified atom stereocenters. The van der Waals surface area contributed by atoms with Crippen LogP contribution >= 0.6 is 27.3 Å². The van der Waals surface area contributed by atoms with E-state index in [1.807, 2.05) is 5.38 Å². The molecule has 2 aromatic rings. The van der Waals surface area contributed by atoms with Gasteiger partial charge in [0.15, 0.2) is 0 Å². The van der Waals surface area contributed by atoms with Crippen LogP contribution in [0.5, 0.6) is 0 Å². The van der Waals surface area contributed by atoms with Crippen molar-refractivity contribution in [3.8, 4) is 0 Å². The maximum Gasteiger partial charge on any atom is 0.266 e. The summed E-state index contributed by atoms with van der Waals surface area (Å²) < 4.78 is 26.6. The van der Waals surface area contributed by atoms with E-state index in [0.29, 0.717) is 4.47 Å². The van der Waals surface area contributed by atoms with Crippen LogP contribution in [-0.4, -0.2) is 0 Å². The summed E-state index contributed by atoms with van der Waals surface area (Å²) in [5, 5.41) is 2.64. The van der Waals surface area contributed by atoms with E-state index in [1.54, 1.807) is 12.1 Å². The van der Waals surface area contributed by atoms with Gasteiger partial charge in [-0.25, -0.2) is 8.78 Å². The average Bonchev–Trinajstić information content (AvgIpc) is 2.50. The normalized spacial score (nSPS) is 11.4. The first-order chi connectivity index (χ1) is 6.61. The molecule has 1 aromatic carbocycles. The number of nitrogens with two attached hydrogens (primary N) is 1. The minimum Gasteiger partial charge on any atom is -0.398 e. The molecule has 0 aliphatic heterocycles. The molecule has 1 nitrogen and oxygen atoms in total. The van der Waals surface area contributed by atoms with E-state index < -0.39 is 6.43 Å². The summed E-state index contributed by atoms with van der Waals surface area (Å²) in [6.07, 6.45) is -2.55. The summed E-state index contributed by atoms with van der Waals surface area (Å²) in [7, 11) is 0. The summed E-state index contributed by atoms with van der Waals surface area (Å²) in [5.74, 6) is 0. The third-order valence-corrected chi connectivity index (χ3v) is 3.70. The molecule has 0 amide bonds. The van der Waals surface area contributed by atoms with Crippen molar-refractivity contribution in [1.29, 1.82) is 0 Å². The molecular weight excluding hydrogens is 272 g/mol. The Morgan fingerprint density at radius 2 is 2.14 bits per heavy atom. The Morgan fingerprint density at radius 3 is 2.79 bits per heavy atom. The highest BCUT2D eigenvalue weighted by Crippen LogP contribution is 2.39. The Balaban J connectivity index is 2.82. The number of fused-ring (bicyclic) bond motifs is 1. The Bertz CT molecular complexity index is 481. The van der Waals surface area contributed by atoms with Crippen LogP contribution in [0.2, 0.25) is 0 Å². The number of nitrogen functional groups attached to an aromatic ring is 1. The molecule has 0 bridgehead atoms. The standard InChI is InChI=1S/C9H6BrF2NS/c10-8-4-1-2-14-6(4)3-5(13)7(8)9(11)12/h1-3,9H,13H2.